The molecule has 2 unspecified atom stereocenters. The van der Waals surface area contributed by atoms with Crippen molar-refractivity contribution in [1.29, 1.82) is 0 Å². The Labute approximate surface area is 297 Å². The molecule has 0 aromatic heterocycles. The van der Waals surface area contributed by atoms with Gasteiger partial charge in [-0.3, -0.25) is 24.0 Å². The van der Waals surface area contributed by atoms with Crippen molar-refractivity contribution in [1.82, 2.24) is 26.2 Å². The monoisotopic (exact) mass is 713 g/mol. The lowest BCUT2D eigenvalue weighted by atomic mass is 9.88. The Kier molecular flexibility index (Phi) is 16.6. The van der Waals surface area contributed by atoms with E-state index in [0.717, 1.165) is 19.3 Å². The Morgan fingerprint density at radius 3 is 1.88 bits per heavy atom. The van der Waals surface area contributed by atoms with Crippen molar-refractivity contribution in [3.63, 3.8) is 0 Å². The lowest BCUT2D eigenvalue weighted by Gasteiger charge is -2.37. The molecule has 1 fully saturated rings. The van der Waals surface area contributed by atoms with Gasteiger partial charge in [0.05, 0.1) is 6.54 Å². The molecular formula is C35H51N7O5S2. The third kappa shape index (κ3) is 13.1. The topological polar surface area (TPSA) is 189 Å². The maximum Gasteiger partial charge on any atom is 0.251 e. The summed E-state index contributed by atoms with van der Waals surface area (Å²) in [7, 11) is 3.83. The molecule has 1 heterocycles. The van der Waals surface area contributed by atoms with Crippen LogP contribution in [0.3, 0.4) is 0 Å². The first-order valence-electron chi connectivity index (χ1n) is 17.0. The van der Waals surface area contributed by atoms with E-state index in [2.05, 4.69) is 21.3 Å². The van der Waals surface area contributed by atoms with E-state index >= 15 is 0 Å². The van der Waals surface area contributed by atoms with E-state index in [-0.39, 0.29) is 56.4 Å². The van der Waals surface area contributed by atoms with Crippen LogP contribution in [0.15, 0.2) is 48.5 Å². The SMILES string of the molecule is CCCC(CC)(NC(=O)CNC(=O)CCCCC1CCSS1)C(=O)N(CCNC(=O)c1ccc(N)cc1)CCNC(=O)c1ccc(N)cc1. The average molecular weight is 714 g/mol. The lowest BCUT2D eigenvalue weighted by molar-refractivity contribution is -0.142. The van der Waals surface area contributed by atoms with Crippen LogP contribution in [-0.2, 0) is 14.4 Å². The summed E-state index contributed by atoms with van der Waals surface area (Å²) in [5, 5.41) is 12.0. The highest BCUT2D eigenvalue weighted by molar-refractivity contribution is 8.77. The second kappa shape index (κ2) is 20.6. The van der Waals surface area contributed by atoms with Gasteiger partial charge in [-0.1, -0.05) is 48.3 Å². The van der Waals surface area contributed by atoms with E-state index in [9.17, 15) is 24.0 Å². The zero-order valence-electron chi connectivity index (χ0n) is 28.6. The number of carbonyl (C=O) groups excluding carboxylic acids is 5. The summed E-state index contributed by atoms with van der Waals surface area (Å²) in [6.45, 7) is 4.06. The molecular weight excluding hydrogens is 663 g/mol. The number of nitrogen functional groups attached to an aromatic ring is 2. The van der Waals surface area contributed by atoms with Crippen LogP contribution >= 0.6 is 21.6 Å². The molecule has 2 aromatic carbocycles. The van der Waals surface area contributed by atoms with Crippen molar-refractivity contribution in [3.8, 4) is 0 Å². The van der Waals surface area contributed by atoms with Crippen LogP contribution in [0.4, 0.5) is 11.4 Å². The molecule has 8 N–H and O–H groups in total. The van der Waals surface area contributed by atoms with Crippen LogP contribution in [0.2, 0.25) is 0 Å². The molecule has 49 heavy (non-hydrogen) atoms. The minimum absolute atomic E-state index is 0.132. The number of hydrogen-bond donors (Lipinski definition) is 6. The standard InChI is InChI=1S/C35H51N7O5S2/c1-3-18-35(4-2,41-31(44)24-40-30(43)8-6-5-7-29-17-23-48-49-29)34(47)42(21-19-38-32(45)25-9-13-27(36)14-10-25)22-20-39-33(46)26-11-15-28(37)16-12-26/h9-16,29H,3-8,17-24,36-37H2,1-2H3,(H,38,45)(H,39,46)(H,40,43)(H,41,44). The quantitative estimate of drug-likeness (QED) is 0.0675. The molecule has 12 nitrogen and oxygen atoms in total. The summed E-state index contributed by atoms with van der Waals surface area (Å²) in [4.78, 5) is 67.0. The molecule has 1 aliphatic rings. The number of amides is 5. The molecule has 1 saturated heterocycles. The number of nitrogens with zero attached hydrogens (tertiary/aromatic N) is 1. The molecule has 1 aliphatic heterocycles. The molecule has 0 spiro atoms. The first-order valence-corrected chi connectivity index (χ1v) is 19.4. The van der Waals surface area contributed by atoms with Crippen molar-refractivity contribution < 1.29 is 24.0 Å². The van der Waals surface area contributed by atoms with Gasteiger partial charge in [0, 0.05) is 66.1 Å². The number of rotatable bonds is 20. The van der Waals surface area contributed by atoms with Gasteiger partial charge >= 0.3 is 0 Å². The van der Waals surface area contributed by atoms with Gasteiger partial charge in [0.2, 0.25) is 17.7 Å². The summed E-state index contributed by atoms with van der Waals surface area (Å²) >= 11 is 0. The zero-order valence-corrected chi connectivity index (χ0v) is 30.2. The van der Waals surface area contributed by atoms with Crippen LogP contribution in [-0.4, -0.2) is 83.7 Å². The Balaban J connectivity index is 1.62. The summed E-state index contributed by atoms with van der Waals surface area (Å²) in [5.41, 5.74) is 12.2. The highest BCUT2D eigenvalue weighted by Crippen LogP contribution is 2.39. The lowest BCUT2D eigenvalue weighted by Crippen LogP contribution is -2.62. The van der Waals surface area contributed by atoms with Gasteiger partial charge in [-0.2, -0.15) is 0 Å². The molecule has 0 saturated carbocycles. The highest BCUT2D eigenvalue weighted by Gasteiger charge is 2.40. The number of nitrogens with one attached hydrogen (secondary N) is 4. The predicted molar refractivity (Wildman–Crippen MR) is 199 cm³/mol. The second-order valence-electron chi connectivity index (χ2n) is 12.1. The normalized spacial score (nSPS) is 15.1. The molecule has 0 radical (unpaired) electrons. The fourth-order valence-corrected chi connectivity index (χ4v) is 8.59. The van der Waals surface area contributed by atoms with E-state index < -0.39 is 11.4 Å². The van der Waals surface area contributed by atoms with Crippen molar-refractivity contribution in [2.45, 2.75) is 76.0 Å². The average Bonchev–Trinajstić information content (AvgIpc) is 3.62. The molecule has 3 rings (SSSR count). The maximum absolute atomic E-state index is 14.3. The van der Waals surface area contributed by atoms with Crippen LogP contribution in [0.25, 0.3) is 0 Å². The number of anilines is 2. The van der Waals surface area contributed by atoms with E-state index in [1.165, 1.54) is 12.2 Å². The van der Waals surface area contributed by atoms with Gasteiger partial charge in [-0.05, 0) is 80.6 Å². The number of carbonyl (C=O) groups is 5. The van der Waals surface area contributed by atoms with Crippen molar-refractivity contribution in [3.05, 3.63) is 59.7 Å². The summed E-state index contributed by atoms with van der Waals surface area (Å²) in [6, 6.07) is 13.0. The first kappa shape index (κ1) is 39.5. The second-order valence-corrected chi connectivity index (χ2v) is 14.9. The van der Waals surface area contributed by atoms with Crippen LogP contribution in [0.1, 0.15) is 85.9 Å². The predicted octanol–water partition coefficient (Wildman–Crippen LogP) is 3.73. The summed E-state index contributed by atoms with van der Waals surface area (Å²) < 4.78 is 0. The molecule has 2 aromatic rings. The van der Waals surface area contributed by atoms with Gasteiger partial charge in [0.1, 0.15) is 5.54 Å². The van der Waals surface area contributed by atoms with Crippen LogP contribution in [0.5, 0.6) is 0 Å². The Morgan fingerprint density at radius 2 is 1.39 bits per heavy atom. The number of benzene rings is 2. The summed E-state index contributed by atoms with van der Waals surface area (Å²) in [5.74, 6) is -0.431. The number of unbranched alkanes of at least 4 members (excludes halogenated alkanes) is 1. The smallest absolute Gasteiger partial charge is 0.251 e. The van der Waals surface area contributed by atoms with Crippen molar-refractivity contribution in [2.75, 3.05) is 49.9 Å². The third-order valence-corrected chi connectivity index (χ3v) is 11.4. The van der Waals surface area contributed by atoms with Gasteiger partial charge in [0.15, 0.2) is 0 Å². The summed E-state index contributed by atoms with van der Waals surface area (Å²) in [6.07, 6.45) is 5.68. The first-order chi connectivity index (χ1) is 23.6. The highest BCUT2D eigenvalue weighted by atomic mass is 33.1. The largest absolute Gasteiger partial charge is 0.399 e. The van der Waals surface area contributed by atoms with Crippen molar-refractivity contribution in [2.24, 2.45) is 0 Å². The maximum atomic E-state index is 14.3. The molecule has 0 bridgehead atoms. The van der Waals surface area contributed by atoms with Gasteiger partial charge in [-0.25, -0.2) is 0 Å². The van der Waals surface area contributed by atoms with E-state index in [0.29, 0.717) is 53.4 Å². The van der Waals surface area contributed by atoms with E-state index in [1.807, 2.05) is 35.4 Å². The van der Waals surface area contributed by atoms with Gasteiger partial charge in [0.25, 0.3) is 11.8 Å². The molecule has 0 aliphatic carbocycles. The van der Waals surface area contributed by atoms with Crippen LogP contribution < -0.4 is 32.7 Å². The van der Waals surface area contributed by atoms with E-state index in [4.69, 9.17) is 11.5 Å². The molecule has 2 atom stereocenters. The molecule has 5 amide bonds. The van der Waals surface area contributed by atoms with Crippen molar-refractivity contribution >= 4 is 62.5 Å². The van der Waals surface area contributed by atoms with Gasteiger partial charge in [-0.15, -0.1) is 0 Å². The fraction of sp³-hybridized carbons (Fsp3) is 0.514. The minimum atomic E-state index is -1.24. The van der Waals surface area contributed by atoms with E-state index in [1.54, 1.807) is 53.4 Å². The third-order valence-electron chi connectivity index (χ3n) is 8.39. The molecule has 268 valence electrons. The minimum Gasteiger partial charge on any atom is -0.399 e. The number of hydrogen-bond acceptors (Lipinski definition) is 9. The zero-order chi connectivity index (χ0) is 35.6. The Bertz CT molecular complexity index is 1320. The number of nitrogens with two attached hydrogens (primary N) is 2. The fourth-order valence-electron chi connectivity index (χ4n) is 5.57. The van der Waals surface area contributed by atoms with Crippen LogP contribution in [0, 0.1) is 0 Å². The Morgan fingerprint density at radius 1 is 0.816 bits per heavy atom. The Hall–Kier alpha value is -3.91. The molecule has 14 heteroatoms. The van der Waals surface area contributed by atoms with Gasteiger partial charge < -0.3 is 37.6 Å².